The summed E-state index contributed by atoms with van der Waals surface area (Å²) >= 11 is 5.13. The standard InChI is InChI=1S/C12H11BrN2O2S/c13-9-4-5-18-11(9)7-14-6-8-2-1-3-10(15-8)12(16)17/h1-5,14H,6-7H2,(H,16,17). The Morgan fingerprint density at radius 3 is 2.89 bits per heavy atom. The van der Waals surface area contributed by atoms with Crippen molar-refractivity contribution in [2.24, 2.45) is 0 Å². The van der Waals surface area contributed by atoms with Gasteiger partial charge in [0.15, 0.2) is 0 Å². The second kappa shape index (κ2) is 6.08. The number of aromatic carboxylic acids is 1. The van der Waals surface area contributed by atoms with Crippen molar-refractivity contribution in [3.63, 3.8) is 0 Å². The zero-order chi connectivity index (χ0) is 13.0. The smallest absolute Gasteiger partial charge is 0.354 e. The van der Waals surface area contributed by atoms with E-state index in [9.17, 15) is 4.79 Å². The second-order valence-corrected chi connectivity index (χ2v) is 5.47. The minimum Gasteiger partial charge on any atom is -0.477 e. The van der Waals surface area contributed by atoms with Crippen LogP contribution in [0.15, 0.2) is 34.1 Å². The summed E-state index contributed by atoms with van der Waals surface area (Å²) in [6.45, 7) is 1.28. The molecule has 6 heteroatoms. The third kappa shape index (κ3) is 3.38. The summed E-state index contributed by atoms with van der Waals surface area (Å²) in [6.07, 6.45) is 0. The number of nitrogens with one attached hydrogen (secondary N) is 1. The zero-order valence-electron chi connectivity index (χ0n) is 9.39. The van der Waals surface area contributed by atoms with Crippen LogP contribution < -0.4 is 5.32 Å². The maximum Gasteiger partial charge on any atom is 0.354 e. The van der Waals surface area contributed by atoms with Crippen LogP contribution in [0.3, 0.4) is 0 Å². The molecule has 0 fully saturated rings. The molecule has 0 radical (unpaired) electrons. The molecular weight excluding hydrogens is 316 g/mol. The first-order valence-corrected chi connectivity index (χ1v) is 6.96. The second-order valence-electron chi connectivity index (χ2n) is 3.61. The van der Waals surface area contributed by atoms with E-state index in [1.807, 2.05) is 17.5 Å². The van der Waals surface area contributed by atoms with Crippen LogP contribution in [0.4, 0.5) is 0 Å². The number of nitrogens with zero attached hydrogens (tertiary/aromatic N) is 1. The van der Waals surface area contributed by atoms with Crippen LogP contribution in [0.2, 0.25) is 0 Å². The highest BCUT2D eigenvalue weighted by Gasteiger charge is 2.05. The van der Waals surface area contributed by atoms with E-state index in [0.717, 1.165) is 16.7 Å². The van der Waals surface area contributed by atoms with Gasteiger partial charge in [0.05, 0.1) is 5.69 Å². The Morgan fingerprint density at radius 1 is 1.39 bits per heavy atom. The van der Waals surface area contributed by atoms with Gasteiger partial charge >= 0.3 is 5.97 Å². The van der Waals surface area contributed by atoms with E-state index in [-0.39, 0.29) is 5.69 Å². The van der Waals surface area contributed by atoms with Crippen LogP contribution in [-0.4, -0.2) is 16.1 Å². The summed E-state index contributed by atoms with van der Waals surface area (Å²) in [5.74, 6) is -1.00. The van der Waals surface area contributed by atoms with Gasteiger partial charge in [-0.25, -0.2) is 9.78 Å². The number of halogens is 1. The summed E-state index contributed by atoms with van der Waals surface area (Å²) < 4.78 is 1.09. The van der Waals surface area contributed by atoms with Crippen molar-refractivity contribution in [1.82, 2.24) is 10.3 Å². The molecule has 18 heavy (non-hydrogen) atoms. The average Bonchev–Trinajstić information content (AvgIpc) is 2.76. The number of hydrogen-bond acceptors (Lipinski definition) is 4. The van der Waals surface area contributed by atoms with Gasteiger partial charge in [-0.15, -0.1) is 11.3 Å². The fourth-order valence-electron chi connectivity index (χ4n) is 1.45. The first-order valence-electron chi connectivity index (χ1n) is 5.28. The van der Waals surface area contributed by atoms with Crippen LogP contribution >= 0.6 is 27.3 Å². The Labute approximate surface area is 117 Å². The quantitative estimate of drug-likeness (QED) is 0.886. The number of hydrogen-bond donors (Lipinski definition) is 2. The normalized spacial score (nSPS) is 10.5. The number of aromatic nitrogens is 1. The lowest BCUT2D eigenvalue weighted by atomic mass is 10.3. The monoisotopic (exact) mass is 326 g/mol. The lowest BCUT2D eigenvalue weighted by Crippen LogP contribution is -2.14. The van der Waals surface area contributed by atoms with E-state index in [1.54, 1.807) is 17.4 Å². The zero-order valence-corrected chi connectivity index (χ0v) is 11.8. The van der Waals surface area contributed by atoms with Crippen molar-refractivity contribution in [3.8, 4) is 0 Å². The maximum absolute atomic E-state index is 10.8. The third-order valence-electron chi connectivity index (χ3n) is 2.31. The Balaban J connectivity index is 1.92. The highest BCUT2D eigenvalue weighted by atomic mass is 79.9. The van der Waals surface area contributed by atoms with Gasteiger partial charge < -0.3 is 10.4 Å². The minimum atomic E-state index is -1.00. The molecule has 0 aromatic carbocycles. The van der Waals surface area contributed by atoms with Crippen LogP contribution in [0.5, 0.6) is 0 Å². The Bertz CT molecular complexity index is 557. The molecule has 0 aliphatic heterocycles. The lowest BCUT2D eigenvalue weighted by molar-refractivity contribution is 0.0690. The summed E-state index contributed by atoms with van der Waals surface area (Å²) in [7, 11) is 0. The summed E-state index contributed by atoms with van der Waals surface area (Å²) in [4.78, 5) is 16.0. The van der Waals surface area contributed by atoms with E-state index < -0.39 is 5.97 Å². The van der Waals surface area contributed by atoms with Crippen LogP contribution in [0, 0.1) is 0 Å². The fraction of sp³-hybridized carbons (Fsp3) is 0.167. The van der Waals surface area contributed by atoms with E-state index in [2.05, 4.69) is 26.2 Å². The number of thiophene rings is 1. The molecule has 0 atom stereocenters. The van der Waals surface area contributed by atoms with Gasteiger partial charge in [-0.1, -0.05) is 6.07 Å². The first-order chi connectivity index (χ1) is 8.66. The van der Waals surface area contributed by atoms with Gasteiger partial charge in [-0.3, -0.25) is 0 Å². The summed E-state index contributed by atoms with van der Waals surface area (Å²) in [5, 5.41) is 14.1. The molecule has 0 bridgehead atoms. The molecule has 4 nitrogen and oxygen atoms in total. The lowest BCUT2D eigenvalue weighted by Gasteiger charge is -2.04. The van der Waals surface area contributed by atoms with Crippen molar-refractivity contribution >= 4 is 33.2 Å². The molecule has 2 rings (SSSR count). The van der Waals surface area contributed by atoms with Gasteiger partial charge in [0.25, 0.3) is 0 Å². The SMILES string of the molecule is O=C(O)c1cccc(CNCc2sccc2Br)n1. The van der Waals surface area contributed by atoms with Crippen molar-refractivity contribution < 1.29 is 9.90 Å². The maximum atomic E-state index is 10.8. The summed E-state index contributed by atoms with van der Waals surface area (Å²) in [5.41, 5.74) is 0.800. The molecule has 2 aromatic rings. The Morgan fingerprint density at radius 2 is 2.22 bits per heavy atom. The number of carboxylic acids is 1. The van der Waals surface area contributed by atoms with Gasteiger partial charge in [0.2, 0.25) is 0 Å². The predicted octanol–water partition coefficient (Wildman–Crippen LogP) is 2.89. The molecule has 2 N–H and O–H groups in total. The molecule has 94 valence electrons. The number of carbonyl (C=O) groups is 1. The largest absolute Gasteiger partial charge is 0.477 e. The number of pyridine rings is 1. The van der Waals surface area contributed by atoms with E-state index in [0.29, 0.717) is 6.54 Å². The number of carboxylic acid groups (broad SMARTS) is 1. The predicted molar refractivity (Wildman–Crippen MR) is 73.8 cm³/mol. The molecule has 0 saturated heterocycles. The Hall–Kier alpha value is -1.24. The molecular formula is C12H11BrN2O2S. The van der Waals surface area contributed by atoms with Crippen molar-refractivity contribution in [1.29, 1.82) is 0 Å². The molecule has 2 heterocycles. The van der Waals surface area contributed by atoms with Crippen LogP contribution in [0.1, 0.15) is 21.1 Å². The summed E-state index contributed by atoms with van der Waals surface area (Å²) in [6, 6.07) is 7.00. The third-order valence-corrected chi connectivity index (χ3v) is 4.23. The molecule has 0 amide bonds. The topological polar surface area (TPSA) is 62.2 Å². The van der Waals surface area contributed by atoms with E-state index in [4.69, 9.17) is 5.11 Å². The molecule has 0 aliphatic rings. The Kier molecular flexibility index (Phi) is 4.46. The molecule has 0 spiro atoms. The average molecular weight is 327 g/mol. The highest BCUT2D eigenvalue weighted by Crippen LogP contribution is 2.22. The van der Waals surface area contributed by atoms with Crippen molar-refractivity contribution in [2.75, 3.05) is 0 Å². The van der Waals surface area contributed by atoms with Gasteiger partial charge in [0, 0.05) is 22.4 Å². The van der Waals surface area contributed by atoms with E-state index in [1.165, 1.54) is 10.9 Å². The van der Waals surface area contributed by atoms with Crippen molar-refractivity contribution in [2.45, 2.75) is 13.1 Å². The van der Waals surface area contributed by atoms with Gasteiger partial charge in [-0.05, 0) is 39.5 Å². The first kappa shape index (κ1) is 13.2. The van der Waals surface area contributed by atoms with E-state index >= 15 is 0 Å². The molecule has 2 aromatic heterocycles. The molecule has 0 unspecified atom stereocenters. The minimum absolute atomic E-state index is 0.0756. The van der Waals surface area contributed by atoms with Crippen LogP contribution in [0.25, 0.3) is 0 Å². The number of rotatable bonds is 5. The van der Waals surface area contributed by atoms with Gasteiger partial charge in [-0.2, -0.15) is 0 Å². The van der Waals surface area contributed by atoms with Gasteiger partial charge in [0.1, 0.15) is 5.69 Å². The highest BCUT2D eigenvalue weighted by molar-refractivity contribution is 9.10. The van der Waals surface area contributed by atoms with Crippen molar-refractivity contribution in [3.05, 3.63) is 50.4 Å². The molecule has 0 aliphatic carbocycles. The fourth-order valence-corrected chi connectivity index (χ4v) is 2.91. The van der Waals surface area contributed by atoms with Crippen LogP contribution in [-0.2, 0) is 13.1 Å². The molecule has 0 saturated carbocycles.